The van der Waals surface area contributed by atoms with Crippen LogP contribution in [0.25, 0.3) is 0 Å². The van der Waals surface area contributed by atoms with Crippen molar-refractivity contribution >= 4 is 12.4 Å². The molecule has 0 aliphatic heterocycles. The van der Waals surface area contributed by atoms with Gasteiger partial charge in [-0.3, -0.25) is 4.79 Å². The molecule has 0 aromatic heterocycles. The number of carbonyl (C=O) groups excluding carboxylic acids is 1. The van der Waals surface area contributed by atoms with E-state index in [1.54, 1.807) is 30.3 Å². The van der Waals surface area contributed by atoms with E-state index in [-0.39, 0.29) is 6.61 Å². The molecular formula is C12H15NO4. The first kappa shape index (κ1) is 13.2. The second-order valence-corrected chi connectivity index (χ2v) is 3.68. The number of aliphatic carboxylic acids is 1. The van der Waals surface area contributed by atoms with Crippen molar-refractivity contribution < 1.29 is 19.4 Å². The molecule has 5 heteroatoms. The lowest BCUT2D eigenvalue weighted by atomic mass is 9.89. The van der Waals surface area contributed by atoms with Crippen molar-refractivity contribution in [3.8, 4) is 0 Å². The molecule has 0 aliphatic carbocycles. The van der Waals surface area contributed by atoms with E-state index in [0.29, 0.717) is 12.0 Å². The van der Waals surface area contributed by atoms with Crippen molar-refractivity contribution in [2.75, 3.05) is 20.8 Å². The normalized spacial score (nSPS) is 13.8. The molecule has 1 N–H and O–H groups in total. The Labute approximate surface area is 99.6 Å². The number of carbonyl (C=O) groups is 2. The third-order valence-corrected chi connectivity index (χ3v) is 2.72. The van der Waals surface area contributed by atoms with Gasteiger partial charge in [-0.05, 0) is 5.56 Å². The van der Waals surface area contributed by atoms with Crippen molar-refractivity contribution in [2.24, 2.45) is 0 Å². The second-order valence-electron chi connectivity index (χ2n) is 3.68. The number of hydrogen-bond donors (Lipinski definition) is 1. The molecule has 0 radical (unpaired) electrons. The molecule has 0 bridgehead atoms. The van der Waals surface area contributed by atoms with E-state index in [4.69, 9.17) is 4.74 Å². The summed E-state index contributed by atoms with van der Waals surface area (Å²) < 4.78 is 4.96. The quantitative estimate of drug-likeness (QED) is 0.740. The van der Waals surface area contributed by atoms with Gasteiger partial charge < -0.3 is 14.7 Å². The van der Waals surface area contributed by atoms with Crippen LogP contribution in [0, 0.1) is 0 Å². The summed E-state index contributed by atoms with van der Waals surface area (Å²) in [7, 11) is 2.83. The van der Waals surface area contributed by atoms with Crippen LogP contribution in [0.3, 0.4) is 0 Å². The van der Waals surface area contributed by atoms with E-state index >= 15 is 0 Å². The summed E-state index contributed by atoms with van der Waals surface area (Å²) in [5.41, 5.74) is -0.985. The zero-order valence-electron chi connectivity index (χ0n) is 9.79. The summed E-state index contributed by atoms with van der Waals surface area (Å²) >= 11 is 0. The van der Waals surface area contributed by atoms with Gasteiger partial charge in [-0.1, -0.05) is 30.3 Å². The molecule has 1 atom stereocenters. The number of likely N-dealkylation sites (N-methyl/N-ethyl adjacent to an activating group) is 1. The topological polar surface area (TPSA) is 66.8 Å². The molecule has 1 rings (SSSR count). The Morgan fingerprint density at radius 1 is 1.47 bits per heavy atom. The molecule has 0 saturated carbocycles. The Bertz CT molecular complexity index is 393. The Balaban J connectivity index is 3.34. The largest absolute Gasteiger partial charge is 0.479 e. The Hall–Kier alpha value is -1.88. The number of hydrogen-bond acceptors (Lipinski definition) is 3. The first-order valence-corrected chi connectivity index (χ1v) is 5.05. The number of rotatable bonds is 6. The number of carboxylic acid groups (broad SMARTS) is 1. The van der Waals surface area contributed by atoms with Crippen LogP contribution < -0.4 is 0 Å². The van der Waals surface area contributed by atoms with Gasteiger partial charge >= 0.3 is 5.97 Å². The zero-order valence-corrected chi connectivity index (χ0v) is 9.79. The molecule has 0 fully saturated rings. The third kappa shape index (κ3) is 2.29. The van der Waals surface area contributed by atoms with Crippen molar-refractivity contribution in [1.29, 1.82) is 0 Å². The molecular weight excluding hydrogens is 222 g/mol. The summed E-state index contributed by atoms with van der Waals surface area (Å²) in [5.74, 6) is -1.12. The number of ether oxygens (including phenoxy) is 1. The van der Waals surface area contributed by atoms with Gasteiger partial charge in [0.15, 0.2) is 5.54 Å². The maximum Gasteiger partial charge on any atom is 0.336 e. The standard InChI is InChI=1S/C12H15NO4/c1-13(9-14)12(8-17-2,11(15)16)10-6-4-3-5-7-10/h3-7,9H,8H2,1-2H3,(H,15,16). The van der Waals surface area contributed by atoms with Crippen LogP contribution in [-0.2, 0) is 19.9 Å². The summed E-state index contributed by atoms with van der Waals surface area (Å²) in [5, 5.41) is 9.43. The highest BCUT2D eigenvalue weighted by atomic mass is 16.5. The minimum atomic E-state index is -1.49. The number of methoxy groups -OCH3 is 1. The summed E-state index contributed by atoms with van der Waals surface area (Å²) in [4.78, 5) is 23.5. The number of carboxylic acids is 1. The molecule has 1 amide bonds. The van der Waals surface area contributed by atoms with Crippen LogP contribution >= 0.6 is 0 Å². The first-order valence-electron chi connectivity index (χ1n) is 5.05. The molecule has 1 unspecified atom stereocenters. The zero-order chi connectivity index (χ0) is 12.9. The van der Waals surface area contributed by atoms with Gasteiger partial charge in [-0.2, -0.15) is 0 Å². The van der Waals surface area contributed by atoms with Crippen molar-refractivity contribution in [1.82, 2.24) is 4.90 Å². The van der Waals surface area contributed by atoms with Gasteiger partial charge in [0.1, 0.15) is 0 Å². The van der Waals surface area contributed by atoms with E-state index in [2.05, 4.69) is 0 Å². The Morgan fingerprint density at radius 3 is 2.47 bits per heavy atom. The lowest BCUT2D eigenvalue weighted by molar-refractivity contribution is -0.158. The van der Waals surface area contributed by atoms with Crippen molar-refractivity contribution in [3.05, 3.63) is 35.9 Å². The van der Waals surface area contributed by atoms with Crippen LogP contribution in [0.15, 0.2) is 30.3 Å². The van der Waals surface area contributed by atoms with Crippen LogP contribution in [0.4, 0.5) is 0 Å². The van der Waals surface area contributed by atoms with Crippen LogP contribution in [0.5, 0.6) is 0 Å². The van der Waals surface area contributed by atoms with Gasteiger partial charge in [0.05, 0.1) is 6.61 Å². The van der Waals surface area contributed by atoms with Gasteiger partial charge in [0, 0.05) is 14.2 Å². The van der Waals surface area contributed by atoms with E-state index in [9.17, 15) is 14.7 Å². The highest BCUT2D eigenvalue weighted by molar-refractivity contribution is 5.83. The number of nitrogens with zero attached hydrogens (tertiary/aromatic N) is 1. The minimum Gasteiger partial charge on any atom is -0.479 e. The summed E-state index contributed by atoms with van der Waals surface area (Å²) in [6.07, 6.45) is 0.486. The smallest absolute Gasteiger partial charge is 0.336 e. The average molecular weight is 237 g/mol. The fourth-order valence-corrected chi connectivity index (χ4v) is 1.74. The molecule has 1 aromatic carbocycles. The van der Waals surface area contributed by atoms with Crippen LogP contribution in [0.1, 0.15) is 5.56 Å². The Kier molecular flexibility index (Phi) is 4.23. The molecule has 5 nitrogen and oxygen atoms in total. The van der Waals surface area contributed by atoms with E-state index in [0.717, 1.165) is 4.90 Å². The lowest BCUT2D eigenvalue weighted by Crippen LogP contribution is -2.52. The summed E-state index contributed by atoms with van der Waals surface area (Å²) in [6.45, 7) is -0.110. The monoisotopic (exact) mass is 237 g/mol. The molecule has 0 heterocycles. The summed E-state index contributed by atoms with van der Waals surface area (Å²) in [6, 6.07) is 8.55. The molecule has 92 valence electrons. The van der Waals surface area contributed by atoms with E-state index in [1.165, 1.54) is 14.2 Å². The molecule has 1 aromatic rings. The van der Waals surface area contributed by atoms with Crippen molar-refractivity contribution in [3.63, 3.8) is 0 Å². The lowest BCUT2D eigenvalue weighted by Gasteiger charge is -2.35. The van der Waals surface area contributed by atoms with Gasteiger partial charge in [-0.25, -0.2) is 4.79 Å². The average Bonchev–Trinajstić information content (AvgIpc) is 2.35. The highest BCUT2D eigenvalue weighted by Crippen LogP contribution is 2.27. The number of benzene rings is 1. The van der Waals surface area contributed by atoms with E-state index < -0.39 is 11.5 Å². The van der Waals surface area contributed by atoms with E-state index in [1.807, 2.05) is 0 Å². The van der Waals surface area contributed by atoms with Crippen LogP contribution in [-0.4, -0.2) is 43.2 Å². The maximum atomic E-state index is 11.5. The van der Waals surface area contributed by atoms with Gasteiger partial charge in [0.25, 0.3) is 0 Å². The molecule has 0 aliphatic rings. The SMILES string of the molecule is COCC(C(=O)O)(c1ccccc1)N(C)C=O. The molecule has 0 spiro atoms. The fourth-order valence-electron chi connectivity index (χ4n) is 1.74. The molecule has 17 heavy (non-hydrogen) atoms. The minimum absolute atomic E-state index is 0.110. The highest BCUT2D eigenvalue weighted by Gasteiger charge is 2.44. The van der Waals surface area contributed by atoms with Gasteiger partial charge in [-0.15, -0.1) is 0 Å². The second kappa shape index (κ2) is 5.45. The van der Waals surface area contributed by atoms with Crippen molar-refractivity contribution in [2.45, 2.75) is 5.54 Å². The maximum absolute atomic E-state index is 11.5. The third-order valence-electron chi connectivity index (χ3n) is 2.72. The number of amides is 1. The predicted octanol–water partition coefficient (Wildman–Crippen LogP) is 0.701. The first-order chi connectivity index (χ1) is 8.09. The molecule has 0 saturated heterocycles. The Morgan fingerprint density at radius 2 is 2.06 bits per heavy atom. The predicted molar refractivity (Wildman–Crippen MR) is 61.5 cm³/mol. The van der Waals surface area contributed by atoms with Crippen LogP contribution in [0.2, 0.25) is 0 Å². The fraction of sp³-hybridized carbons (Fsp3) is 0.333. The van der Waals surface area contributed by atoms with Gasteiger partial charge in [0.2, 0.25) is 6.41 Å².